The molecule has 0 spiro atoms. The second-order valence-electron chi connectivity index (χ2n) is 9.21. The molecule has 2 unspecified atom stereocenters. The van der Waals surface area contributed by atoms with Crippen molar-refractivity contribution in [2.24, 2.45) is 0 Å². The lowest BCUT2D eigenvalue weighted by Gasteiger charge is -2.39. The summed E-state index contributed by atoms with van der Waals surface area (Å²) in [4.78, 5) is 0. The number of halogens is 1. The van der Waals surface area contributed by atoms with Crippen molar-refractivity contribution < 1.29 is 0 Å². The van der Waals surface area contributed by atoms with Crippen LogP contribution in [0, 0.1) is 0 Å². The van der Waals surface area contributed by atoms with Crippen molar-refractivity contribution in [3.8, 4) is 0 Å². The van der Waals surface area contributed by atoms with Gasteiger partial charge in [0, 0.05) is 15.6 Å². The zero-order chi connectivity index (χ0) is 19.5. The van der Waals surface area contributed by atoms with Crippen LogP contribution in [0.1, 0.15) is 72.5 Å². The lowest BCUT2D eigenvalue weighted by atomic mass is 9.95. The lowest BCUT2D eigenvalue weighted by Crippen LogP contribution is -2.42. The van der Waals surface area contributed by atoms with Gasteiger partial charge in [0.2, 0.25) is 0 Å². The average Bonchev–Trinajstić information content (AvgIpc) is 3.11. The van der Waals surface area contributed by atoms with Crippen molar-refractivity contribution in [3.05, 3.63) is 79.8 Å². The number of hydrogen-bond acceptors (Lipinski definition) is 0. The third-order valence-corrected chi connectivity index (χ3v) is 11.8. The fourth-order valence-corrected chi connectivity index (χ4v) is 11.2. The number of rotatable bonds is 3. The first-order valence-electron chi connectivity index (χ1n) is 10.0. The molecule has 2 heteroatoms. The van der Waals surface area contributed by atoms with Gasteiger partial charge in [0.25, 0.3) is 0 Å². The van der Waals surface area contributed by atoms with E-state index in [0.717, 1.165) is 0 Å². The molecular formula is C25H29BrSi. The molecule has 0 aromatic heterocycles. The topological polar surface area (TPSA) is 0 Å². The molecular weight excluding hydrogens is 408 g/mol. The molecule has 140 valence electrons. The molecule has 0 N–H and O–H groups in total. The van der Waals surface area contributed by atoms with Crippen molar-refractivity contribution in [1.29, 1.82) is 0 Å². The van der Waals surface area contributed by atoms with Crippen LogP contribution >= 0.6 is 15.9 Å². The second-order valence-corrected chi connectivity index (χ2v) is 14.9. The van der Waals surface area contributed by atoms with Gasteiger partial charge in [0.1, 0.15) is 0 Å². The van der Waals surface area contributed by atoms with Crippen LogP contribution in [-0.2, 0) is 0 Å². The van der Waals surface area contributed by atoms with Gasteiger partial charge in [0.05, 0.1) is 8.07 Å². The van der Waals surface area contributed by atoms with E-state index in [2.05, 4.69) is 105 Å². The van der Waals surface area contributed by atoms with Crippen LogP contribution in [0.15, 0.2) is 52.0 Å². The maximum Gasteiger partial charge on any atom is 0.0722 e. The van der Waals surface area contributed by atoms with Crippen molar-refractivity contribution in [1.82, 2.24) is 0 Å². The van der Waals surface area contributed by atoms with E-state index in [1.54, 1.807) is 11.1 Å². The zero-order valence-electron chi connectivity index (χ0n) is 17.2. The summed E-state index contributed by atoms with van der Waals surface area (Å²) >= 11 is 3.78. The van der Waals surface area contributed by atoms with E-state index in [-0.39, 0.29) is 0 Å². The van der Waals surface area contributed by atoms with E-state index in [9.17, 15) is 0 Å². The summed E-state index contributed by atoms with van der Waals surface area (Å²) in [6.07, 6.45) is 4.90. The van der Waals surface area contributed by atoms with E-state index >= 15 is 0 Å². The molecule has 0 aliphatic heterocycles. The molecule has 2 atom stereocenters. The van der Waals surface area contributed by atoms with Crippen LogP contribution < -0.4 is 0 Å². The Hall–Kier alpha value is -1.38. The van der Waals surface area contributed by atoms with Gasteiger partial charge >= 0.3 is 0 Å². The van der Waals surface area contributed by atoms with Gasteiger partial charge < -0.3 is 0 Å². The summed E-state index contributed by atoms with van der Waals surface area (Å²) in [7, 11) is -1.70. The summed E-state index contributed by atoms with van der Waals surface area (Å²) < 4.78 is 1.23. The zero-order valence-corrected chi connectivity index (χ0v) is 19.8. The molecule has 0 amide bonds. The Morgan fingerprint density at radius 2 is 1.33 bits per heavy atom. The Morgan fingerprint density at radius 1 is 0.815 bits per heavy atom. The van der Waals surface area contributed by atoms with Gasteiger partial charge in [0.15, 0.2) is 0 Å². The van der Waals surface area contributed by atoms with E-state index < -0.39 is 8.07 Å². The largest absolute Gasteiger partial charge is 0.0722 e. The highest BCUT2D eigenvalue weighted by Gasteiger charge is 2.47. The molecule has 0 radical (unpaired) electrons. The summed E-state index contributed by atoms with van der Waals surface area (Å²) in [6, 6.07) is 13.7. The summed E-state index contributed by atoms with van der Waals surface area (Å²) in [5, 5.41) is 0. The van der Waals surface area contributed by atoms with Crippen LogP contribution in [0.4, 0.5) is 0 Å². The van der Waals surface area contributed by atoms with E-state index in [4.69, 9.17) is 0 Å². The fraction of sp³-hybridized carbons (Fsp3) is 0.360. The minimum absolute atomic E-state index is 0.567. The number of hydrogen-bond donors (Lipinski definition) is 0. The molecule has 2 aromatic carbocycles. The minimum Gasteiger partial charge on any atom is -0.0679 e. The normalized spacial score (nSPS) is 21.2. The number of allylic oxidation sites excluding steroid dienone is 2. The van der Waals surface area contributed by atoms with Gasteiger partial charge in [-0.3, -0.25) is 0 Å². The summed E-state index contributed by atoms with van der Waals surface area (Å²) in [5.74, 6) is 0.567. The smallest absolute Gasteiger partial charge is 0.0679 e. The summed E-state index contributed by atoms with van der Waals surface area (Å²) in [6.45, 7) is 14.5. The Balaban J connectivity index is 1.85. The SMILES string of the molecule is CC1=Cc2c(Br)cccc2C1[Si](C)(C)C1C(C)=Cc2c(C(C)C)cccc21. The van der Waals surface area contributed by atoms with Crippen LogP contribution in [0.3, 0.4) is 0 Å². The Morgan fingerprint density at radius 3 is 1.93 bits per heavy atom. The van der Waals surface area contributed by atoms with Crippen LogP contribution in [-0.4, -0.2) is 8.07 Å². The maximum absolute atomic E-state index is 3.78. The molecule has 0 saturated carbocycles. The van der Waals surface area contributed by atoms with Crippen molar-refractivity contribution in [2.45, 2.75) is 57.8 Å². The molecule has 0 bridgehead atoms. The van der Waals surface area contributed by atoms with Crippen molar-refractivity contribution in [2.75, 3.05) is 0 Å². The van der Waals surface area contributed by atoms with Crippen LogP contribution in [0.25, 0.3) is 12.2 Å². The third kappa shape index (κ3) is 2.84. The van der Waals surface area contributed by atoms with E-state index in [1.807, 2.05) is 0 Å². The quantitative estimate of drug-likeness (QED) is 0.426. The van der Waals surface area contributed by atoms with Crippen molar-refractivity contribution in [3.63, 3.8) is 0 Å². The molecule has 0 fully saturated rings. The van der Waals surface area contributed by atoms with E-state index in [0.29, 0.717) is 17.0 Å². The predicted molar refractivity (Wildman–Crippen MR) is 125 cm³/mol. The third-order valence-electron chi connectivity index (χ3n) is 6.65. The highest BCUT2D eigenvalue weighted by molar-refractivity contribution is 9.10. The minimum atomic E-state index is -1.70. The molecule has 0 nitrogen and oxygen atoms in total. The molecule has 2 aliphatic rings. The average molecular weight is 437 g/mol. The molecule has 27 heavy (non-hydrogen) atoms. The Kier molecular flexibility index (Phi) is 4.63. The van der Waals surface area contributed by atoms with Gasteiger partial charge in [-0.15, -0.1) is 0 Å². The van der Waals surface area contributed by atoms with Crippen LogP contribution in [0.2, 0.25) is 13.1 Å². The Labute approximate surface area is 173 Å². The Bertz CT molecular complexity index is 978. The van der Waals surface area contributed by atoms with Crippen LogP contribution in [0.5, 0.6) is 0 Å². The fourth-order valence-electron chi connectivity index (χ4n) is 5.74. The molecule has 0 saturated heterocycles. The van der Waals surface area contributed by atoms with Gasteiger partial charge in [-0.25, -0.2) is 0 Å². The van der Waals surface area contributed by atoms with E-state index in [1.165, 1.54) is 32.3 Å². The van der Waals surface area contributed by atoms with Gasteiger partial charge in [-0.05, 0) is 53.6 Å². The first-order valence-corrected chi connectivity index (χ1v) is 14.0. The highest BCUT2D eigenvalue weighted by atomic mass is 79.9. The first kappa shape index (κ1) is 19.0. The first-order chi connectivity index (χ1) is 12.7. The highest BCUT2D eigenvalue weighted by Crippen LogP contribution is 2.53. The van der Waals surface area contributed by atoms with Crippen molar-refractivity contribution >= 4 is 36.2 Å². The monoisotopic (exact) mass is 436 g/mol. The second kappa shape index (κ2) is 6.60. The maximum atomic E-state index is 3.78. The molecule has 4 rings (SSSR count). The number of fused-ring (bicyclic) bond motifs is 2. The molecule has 0 heterocycles. The predicted octanol–water partition coefficient (Wildman–Crippen LogP) is 8.06. The standard InChI is InChI=1S/C25H29BrSi/c1-15(2)18-9-7-10-19-21(18)13-16(3)24(19)27(5,6)25-17(4)14-22-20(25)11-8-12-23(22)26/h7-15,24-25H,1-6H3. The molecule has 2 aromatic rings. The molecule has 2 aliphatic carbocycles. The lowest BCUT2D eigenvalue weighted by molar-refractivity contribution is 0.860. The number of benzene rings is 2. The summed E-state index contributed by atoms with van der Waals surface area (Å²) in [5.41, 5.74) is 11.8. The van der Waals surface area contributed by atoms with Gasteiger partial charge in [-0.1, -0.05) is 96.5 Å². The van der Waals surface area contributed by atoms with Gasteiger partial charge in [-0.2, -0.15) is 0 Å².